The van der Waals surface area contributed by atoms with Crippen molar-refractivity contribution >= 4 is 27.4 Å². The van der Waals surface area contributed by atoms with Gasteiger partial charge in [-0.05, 0) is 49.9 Å². The van der Waals surface area contributed by atoms with Gasteiger partial charge < -0.3 is 10.1 Å². The Kier molecular flexibility index (Phi) is 4.96. The van der Waals surface area contributed by atoms with Gasteiger partial charge in [0.05, 0.1) is 6.26 Å². The highest BCUT2D eigenvalue weighted by atomic mass is 32.2. The Morgan fingerprint density at radius 2 is 1.75 bits per heavy atom. The van der Waals surface area contributed by atoms with Gasteiger partial charge in [-0.3, -0.25) is 9.62 Å². The van der Waals surface area contributed by atoms with Crippen LogP contribution in [0.1, 0.15) is 25.7 Å². The molecule has 0 aromatic heterocycles. The van der Waals surface area contributed by atoms with Gasteiger partial charge in [0.1, 0.15) is 0 Å². The van der Waals surface area contributed by atoms with E-state index >= 15 is 0 Å². The molecule has 2 amide bonds. The van der Waals surface area contributed by atoms with E-state index in [0.717, 1.165) is 37.6 Å². The molecule has 132 valence electrons. The molecule has 1 aromatic rings. The van der Waals surface area contributed by atoms with Crippen LogP contribution in [0.5, 0.6) is 0 Å². The van der Waals surface area contributed by atoms with Crippen LogP contribution in [0, 0.1) is 0 Å². The predicted octanol–water partition coefficient (Wildman–Crippen LogP) is 1.92. The third-order valence-electron chi connectivity index (χ3n) is 4.13. The van der Waals surface area contributed by atoms with Gasteiger partial charge in [0.15, 0.2) is 0 Å². The summed E-state index contributed by atoms with van der Waals surface area (Å²) in [5, 5.41) is 3.04. The Morgan fingerprint density at radius 1 is 1.12 bits per heavy atom. The number of hydrogen-bond donors (Lipinski definition) is 2. The fourth-order valence-electron chi connectivity index (χ4n) is 2.81. The lowest BCUT2D eigenvalue weighted by Gasteiger charge is -2.34. The van der Waals surface area contributed by atoms with Crippen molar-refractivity contribution in [1.82, 2.24) is 5.32 Å². The van der Waals surface area contributed by atoms with Crippen LogP contribution in [0.2, 0.25) is 0 Å². The summed E-state index contributed by atoms with van der Waals surface area (Å²) in [6.45, 7) is 1.29. The Bertz CT molecular complexity index is 680. The van der Waals surface area contributed by atoms with Gasteiger partial charge in [0, 0.05) is 36.7 Å². The number of nitrogens with zero attached hydrogens (tertiary/aromatic N) is 1. The van der Waals surface area contributed by atoms with Gasteiger partial charge in [-0.15, -0.1) is 0 Å². The molecule has 2 N–H and O–H groups in total. The molecule has 2 aliphatic rings. The molecule has 0 unspecified atom stereocenters. The van der Waals surface area contributed by atoms with Crippen LogP contribution in [0.15, 0.2) is 24.3 Å². The average molecular weight is 353 g/mol. The molecule has 1 heterocycles. The monoisotopic (exact) mass is 353 g/mol. The van der Waals surface area contributed by atoms with Gasteiger partial charge in [-0.25, -0.2) is 13.2 Å². The minimum absolute atomic E-state index is 0.0891. The number of amides is 2. The first-order chi connectivity index (χ1) is 11.4. The van der Waals surface area contributed by atoms with E-state index in [1.165, 1.54) is 0 Å². The van der Waals surface area contributed by atoms with E-state index in [4.69, 9.17) is 4.74 Å². The first kappa shape index (κ1) is 17.0. The summed E-state index contributed by atoms with van der Waals surface area (Å²) < 4.78 is 30.4. The Balaban J connectivity index is 1.79. The Hall–Kier alpha value is -1.80. The van der Waals surface area contributed by atoms with Crippen LogP contribution >= 0.6 is 0 Å². The predicted molar refractivity (Wildman–Crippen MR) is 92.8 cm³/mol. The van der Waals surface area contributed by atoms with Crippen LogP contribution < -0.4 is 14.9 Å². The summed E-state index contributed by atoms with van der Waals surface area (Å²) in [6.07, 6.45) is 4.76. The number of hydrogen-bond acceptors (Lipinski definition) is 4. The lowest BCUT2D eigenvalue weighted by Crippen LogP contribution is -2.49. The van der Waals surface area contributed by atoms with Gasteiger partial charge in [-0.1, -0.05) is 0 Å². The Morgan fingerprint density at radius 3 is 2.29 bits per heavy atom. The number of urea groups is 1. The molecule has 1 aliphatic carbocycles. The van der Waals surface area contributed by atoms with Crippen LogP contribution in [-0.4, -0.2) is 46.0 Å². The summed E-state index contributed by atoms with van der Waals surface area (Å²) >= 11 is 0. The average Bonchev–Trinajstić information content (AvgIpc) is 3.33. The van der Waals surface area contributed by atoms with E-state index < -0.39 is 10.0 Å². The van der Waals surface area contributed by atoms with Crippen molar-refractivity contribution in [1.29, 1.82) is 0 Å². The molecule has 1 saturated heterocycles. The third kappa shape index (κ3) is 4.61. The number of anilines is 2. The van der Waals surface area contributed by atoms with E-state index in [9.17, 15) is 13.2 Å². The standard InChI is InChI=1S/C16H23N3O4S/c1-24(21,22)18-13-4-6-14(7-5-13)19(15-8-10-23-11-9-15)16(20)17-12-2-3-12/h4-7,12,15,18H,2-3,8-11H2,1H3,(H,17,20). The summed E-state index contributed by atoms with van der Waals surface area (Å²) in [7, 11) is -3.31. The second kappa shape index (κ2) is 6.98. The first-order valence-electron chi connectivity index (χ1n) is 8.18. The molecular weight excluding hydrogens is 330 g/mol. The van der Waals surface area contributed by atoms with Crippen molar-refractivity contribution in [2.75, 3.05) is 29.1 Å². The number of benzene rings is 1. The van der Waals surface area contributed by atoms with Crippen LogP contribution in [0.3, 0.4) is 0 Å². The molecule has 24 heavy (non-hydrogen) atoms. The molecule has 3 rings (SSSR count). The number of carbonyl (C=O) groups excluding carboxylic acids is 1. The highest BCUT2D eigenvalue weighted by Crippen LogP contribution is 2.27. The maximum Gasteiger partial charge on any atom is 0.322 e. The van der Waals surface area contributed by atoms with E-state index in [2.05, 4.69) is 10.0 Å². The summed E-state index contributed by atoms with van der Waals surface area (Å²) in [6, 6.07) is 7.18. The molecule has 8 heteroatoms. The highest BCUT2D eigenvalue weighted by Gasteiger charge is 2.31. The van der Waals surface area contributed by atoms with E-state index in [1.807, 2.05) is 0 Å². The maximum absolute atomic E-state index is 12.7. The molecular formula is C16H23N3O4S. The number of nitrogens with one attached hydrogen (secondary N) is 2. The molecule has 1 saturated carbocycles. The summed E-state index contributed by atoms with van der Waals surface area (Å²) in [5.74, 6) is 0. The second-order valence-corrected chi connectivity index (χ2v) is 8.11. The number of sulfonamides is 1. The summed E-state index contributed by atoms with van der Waals surface area (Å²) in [4.78, 5) is 14.5. The summed E-state index contributed by atoms with van der Waals surface area (Å²) in [5.41, 5.74) is 1.25. The van der Waals surface area contributed by atoms with E-state index in [1.54, 1.807) is 29.2 Å². The fraction of sp³-hybridized carbons (Fsp3) is 0.562. The normalized spacial score (nSPS) is 18.9. The smallest absolute Gasteiger partial charge is 0.322 e. The zero-order chi connectivity index (χ0) is 17.2. The highest BCUT2D eigenvalue weighted by molar-refractivity contribution is 7.92. The minimum Gasteiger partial charge on any atom is -0.381 e. The number of ether oxygens (including phenoxy) is 1. The third-order valence-corrected chi connectivity index (χ3v) is 4.73. The fourth-order valence-corrected chi connectivity index (χ4v) is 3.38. The quantitative estimate of drug-likeness (QED) is 0.846. The van der Waals surface area contributed by atoms with Crippen molar-refractivity contribution < 1.29 is 17.9 Å². The molecule has 7 nitrogen and oxygen atoms in total. The van der Waals surface area contributed by atoms with Gasteiger partial charge >= 0.3 is 6.03 Å². The second-order valence-electron chi connectivity index (χ2n) is 6.36. The van der Waals surface area contributed by atoms with Crippen molar-refractivity contribution in [3.8, 4) is 0 Å². The van der Waals surface area contributed by atoms with Crippen molar-refractivity contribution in [2.24, 2.45) is 0 Å². The molecule has 0 radical (unpaired) electrons. The largest absolute Gasteiger partial charge is 0.381 e. The number of rotatable bonds is 5. The lowest BCUT2D eigenvalue weighted by molar-refractivity contribution is 0.0855. The molecule has 0 bridgehead atoms. The maximum atomic E-state index is 12.7. The van der Waals surface area contributed by atoms with Crippen LogP contribution in [0.25, 0.3) is 0 Å². The molecule has 1 aromatic carbocycles. The first-order valence-corrected chi connectivity index (χ1v) is 10.1. The molecule has 2 fully saturated rings. The van der Waals surface area contributed by atoms with E-state index in [0.29, 0.717) is 18.9 Å². The zero-order valence-corrected chi connectivity index (χ0v) is 14.5. The molecule has 0 spiro atoms. The van der Waals surface area contributed by atoms with E-state index in [-0.39, 0.29) is 18.1 Å². The topological polar surface area (TPSA) is 87.7 Å². The lowest BCUT2D eigenvalue weighted by atomic mass is 10.1. The van der Waals surface area contributed by atoms with Crippen molar-refractivity contribution in [2.45, 2.75) is 37.8 Å². The van der Waals surface area contributed by atoms with Crippen LogP contribution in [0.4, 0.5) is 16.2 Å². The van der Waals surface area contributed by atoms with Gasteiger partial charge in [0.25, 0.3) is 0 Å². The Labute approximate surface area is 142 Å². The zero-order valence-electron chi connectivity index (χ0n) is 13.7. The number of carbonyl (C=O) groups is 1. The van der Waals surface area contributed by atoms with Crippen molar-refractivity contribution in [3.63, 3.8) is 0 Å². The molecule has 0 atom stereocenters. The van der Waals surface area contributed by atoms with Crippen molar-refractivity contribution in [3.05, 3.63) is 24.3 Å². The van der Waals surface area contributed by atoms with Gasteiger partial charge in [0.2, 0.25) is 10.0 Å². The van der Waals surface area contributed by atoms with Crippen LogP contribution in [-0.2, 0) is 14.8 Å². The minimum atomic E-state index is -3.31. The van der Waals surface area contributed by atoms with Gasteiger partial charge in [-0.2, -0.15) is 0 Å². The SMILES string of the molecule is CS(=O)(=O)Nc1ccc(N(C(=O)NC2CC2)C2CCOCC2)cc1. The molecule has 1 aliphatic heterocycles.